The second-order valence-corrected chi connectivity index (χ2v) is 4.80. The largest absolute Gasteiger partial charge is 0.478 e. The first-order chi connectivity index (χ1) is 8.50. The molecule has 0 aliphatic carbocycles. The predicted molar refractivity (Wildman–Crippen MR) is 67.4 cm³/mol. The molecule has 5 nitrogen and oxygen atoms in total. The Morgan fingerprint density at radius 2 is 1.83 bits per heavy atom. The van der Waals surface area contributed by atoms with E-state index in [1.807, 2.05) is 0 Å². The Hall–Kier alpha value is -1.69. The summed E-state index contributed by atoms with van der Waals surface area (Å²) in [5.74, 6) is -1.68. The number of benzene rings is 1. The van der Waals surface area contributed by atoms with Crippen molar-refractivity contribution in [3.8, 4) is 0 Å². The molecular formula is C12H10BrNO4. The summed E-state index contributed by atoms with van der Waals surface area (Å²) in [5.41, 5.74) is 0.337. The molecule has 0 spiro atoms. The number of amides is 2. The number of nitrogens with zero attached hydrogens (tertiary/aromatic N) is 1. The summed E-state index contributed by atoms with van der Waals surface area (Å²) in [6.07, 6.45) is 1.17. The molecule has 0 saturated carbocycles. The SMILES string of the molecule is O=C(O)c1cc(N2C(=O)CCCC2=O)ccc1Br. The first kappa shape index (κ1) is 12.8. The number of hydrogen-bond acceptors (Lipinski definition) is 3. The summed E-state index contributed by atoms with van der Waals surface area (Å²) in [6, 6.07) is 4.40. The van der Waals surface area contributed by atoms with Gasteiger partial charge in [0.25, 0.3) is 0 Å². The second kappa shape index (κ2) is 4.89. The van der Waals surface area contributed by atoms with Gasteiger partial charge in [0.1, 0.15) is 0 Å². The predicted octanol–water partition coefficient (Wildman–Crippen LogP) is 2.19. The van der Waals surface area contributed by atoms with Gasteiger partial charge in [-0.05, 0) is 40.5 Å². The molecule has 94 valence electrons. The Bertz CT molecular complexity index is 525. The number of imide groups is 1. The number of anilines is 1. The van der Waals surface area contributed by atoms with Crippen molar-refractivity contribution < 1.29 is 19.5 Å². The quantitative estimate of drug-likeness (QED) is 0.850. The molecule has 1 aromatic carbocycles. The molecule has 2 rings (SSSR count). The van der Waals surface area contributed by atoms with E-state index in [-0.39, 0.29) is 17.4 Å². The molecule has 2 amide bonds. The van der Waals surface area contributed by atoms with Crippen molar-refractivity contribution in [2.24, 2.45) is 0 Å². The highest BCUT2D eigenvalue weighted by Crippen LogP contribution is 2.27. The van der Waals surface area contributed by atoms with Crippen LogP contribution < -0.4 is 4.90 Å². The Morgan fingerprint density at radius 1 is 1.22 bits per heavy atom. The van der Waals surface area contributed by atoms with Crippen LogP contribution in [0.2, 0.25) is 0 Å². The number of hydrogen-bond donors (Lipinski definition) is 1. The van der Waals surface area contributed by atoms with Crippen LogP contribution in [0.1, 0.15) is 29.6 Å². The van der Waals surface area contributed by atoms with Crippen molar-refractivity contribution in [3.05, 3.63) is 28.2 Å². The molecule has 1 fully saturated rings. The van der Waals surface area contributed by atoms with Gasteiger partial charge in [-0.1, -0.05) is 0 Å². The normalized spacial score (nSPS) is 15.9. The van der Waals surface area contributed by atoms with Crippen LogP contribution in [-0.4, -0.2) is 22.9 Å². The lowest BCUT2D eigenvalue weighted by Gasteiger charge is -2.25. The molecule has 0 bridgehead atoms. The molecule has 0 atom stereocenters. The summed E-state index contributed by atoms with van der Waals surface area (Å²) < 4.78 is 0.413. The smallest absolute Gasteiger partial charge is 0.336 e. The fourth-order valence-electron chi connectivity index (χ4n) is 1.86. The van der Waals surface area contributed by atoms with Gasteiger partial charge in [-0.3, -0.25) is 14.5 Å². The van der Waals surface area contributed by atoms with Crippen LogP contribution in [0.15, 0.2) is 22.7 Å². The maximum absolute atomic E-state index is 11.7. The van der Waals surface area contributed by atoms with Crippen molar-refractivity contribution in [2.75, 3.05) is 4.90 Å². The highest BCUT2D eigenvalue weighted by atomic mass is 79.9. The van der Waals surface area contributed by atoms with E-state index in [0.29, 0.717) is 29.4 Å². The summed E-state index contributed by atoms with van der Waals surface area (Å²) in [4.78, 5) is 35.5. The molecule has 18 heavy (non-hydrogen) atoms. The zero-order valence-electron chi connectivity index (χ0n) is 9.35. The third kappa shape index (κ3) is 2.28. The molecule has 1 aliphatic heterocycles. The van der Waals surface area contributed by atoms with Crippen LogP contribution in [0.3, 0.4) is 0 Å². The summed E-state index contributed by atoms with van der Waals surface area (Å²) in [6.45, 7) is 0. The number of aromatic carboxylic acids is 1. The topological polar surface area (TPSA) is 74.7 Å². The van der Waals surface area contributed by atoms with E-state index in [4.69, 9.17) is 5.11 Å². The first-order valence-electron chi connectivity index (χ1n) is 5.39. The van der Waals surface area contributed by atoms with Crippen LogP contribution in [0, 0.1) is 0 Å². The summed E-state index contributed by atoms with van der Waals surface area (Å²) in [5, 5.41) is 9.00. The molecule has 1 heterocycles. The van der Waals surface area contributed by atoms with Gasteiger partial charge in [0.2, 0.25) is 11.8 Å². The standard InChI is InChI=1S/C12H10BrNO4/c13-9-5-4-7(6-8(9)12(17)18)14-10(15)2-1-3-11(14)16/h4-6H,1-3H2,(H,17,18). The molecule has 1 saturated heterocycles. The van der Waals surface area contributed by atoms with E-state index in [0.717, 1.165) is 4.90 Å². The van der Waals surface area contributed by atoms with Crippen molar-refractivity contribution in [2.45, 2.75) is 19.3 Å². The van der Waals surface area contributed by atoms with Crippen LogP contribution in [0.5, 0.6) is 0 Å². The highest BCUT2D eigenvalue weighted by molar-refractivity contribution is 9.10. The molecular weight excluding hydrogens is 302 g/mol. The van der Waals surface area contributed by atoms with E-state index in [9.17, 15) is 14.4 Å². The van der Waals surface area contributed by atoms with Gasteiger partial charge in [0.15, 0.2) is 0 Å². The molecule has 0 unspecified atom stereocenters. The zero-order valence-corrected chi connectivity index (χ0v) is 10.9. The second-order valence-electron chi connectivity index (χ2n) is 3.95. The lowest BCUT2D eigenvalue weighted by Crippen LogP contribution is -2.40. The molecule has 1 aliphatic rings. The molecule has 0 aromatic heterocycles. The first-order valence-corrected chi connectivity index (χ1v) is 6.18. The van der Waals surface area contributed by atoms with Gasteiger partial charge in [-0.15, -0.1) is 0 Å². The number of piperidine rings is 1. The zero-order chi connectivity index (χ0) is 13.3. The maximum atomic E-state index is 11.7. The Kier molecular flexibility index (Phi) is 3.47. The maximum Gasteiger partial charge on any atom is 0.336 e. The van der Waals surface area contributed by atoms with Gasteiger partial charge in [-0.25, -0.2) is 4.79 Å². The molecule has 1 N–H and O–H groups in total. The minimum absolute atomic E-state index is 0.0265. The highest BCUT2D eigenvalue weighted by Gasteiger charge is 2.28. The fraction of sp³-hybridized carbons (Fsp3) is 0.250. The minimum Gasteiger partial charge on any atom is -0.478 e. The Morgan fingerprint density at radius 3 is 2.39 bits per heavy atom. The van der Waals surface area contributed by atoms with E-state index in [1.165, 1.54) is 12.1 Å². The number of halogens is 1. The number of rotatable bonds is 2. The van der Waals surface area contributed by atoms with Crippen molar-refractivity contribution in [1.82, 2.24) is 0 Å². The van der Waals surface area contributed by atoms with Gasteiger partial charge < -0.3 is 5.11 Å². The molecule has 6 heteroatoms. The summed E-state index contributed by atoms with van der Waals surface area (Å²) in [7, 11) is 0. The van der Waals surface area contributed by atoms with Gasteiger partial charge >= 0.3 is 5.97 Å². The van der Waals surface area contributed by atoms with Crippen molar-refractivity contribution >= 4 is 39.4 Å². The average Bonchev–Trinajstić information content (AvgIpc) is 2.30. The third-order valence-electron chi connectivity index (χ3n) is 2.72. The van der Waals surface area contributed by atoms with Crippen LogP contribution in [0.25, 0.3) is 0 Å². The van der Waals surface area contributed by atoms with E-state index in [2.05, 4.69) is 15.9 Å². The molecule has 0 radical (unpaired) electrons. The van der Waals surface area contributed by atoms with Gasteiger partial charge in [0.05, 0.1) is 11.3 Å². The van der Waals surface area contributed by atoms with E-state index in [1.54, 1.807) is 6.07 Å². The number of carboxylic acid groups (broad SMARTS) is 1. The number of carboxylic acids is 1. The number of carbonyl (C=O) groups is 3. The Labute approximate surface area is 112 Å². The third-order valence-corrected chi connectivity index (χ3v) is 3.41. The van der Waals surface area contributed by atoms with Crippen molar-refractivity contribution in [3.63, 3.8) is 0 Å². The van der Waals surface area contributed by atoms with E-state index >= 15 is 0 Å². The van der Waals surface area contributed by atoms with Crippen LogP contribution in [-0.2, 0) is 9.59 Å². The van der Waals surface area contributed by atoms with Crippen LogP contribution >= 0.6 is 15.9 Å². The average molecular weight is 312 g/mol. The Balaban J connectivity index is 2.44. The monoisotopic (exact) mass is 311 g/mol. The van der Waals surface area contributed by atoms with Gasteiger partial charge in [0, 0.05) is 17.3 Å². The minimum atomic E-state index is -1.11. The van der Waals surface area contributed by atoms with E-state index < -0.39 is 5.97 Å². The summed E-state index contributed by atoms with van der Waals surface area (Å²) >= 11 is 3.12. The lowest BCUT2D eigenvalue weighted by atomic mass is 10.1. The number of carbonyl (C=O) groups excluding carboxylic acids is 2. The molecule has 1 aromatic rings. The van der Waals surface area contributed by atoms with Crippen LogP contribution in [0.4, 0.5) is 5.69 Å². The fourth-order valence-corrected chi connectivity index (χ4v) is 2.27. The van der Waals surface area contributed by atoms with Gasteiger partial charge in [-0.2, -0.15) is 0 Å². The lowest BCUT2D eigenvalue weighted by molar-refractivity contribution is -0.129. The van der Waals surface area contributed by atoms with Crippen molar-refractivity contribution in [1.29, 1.82) is 0 Å².